The van der Waals surface area contributed by atoms with E-state index in [0.29, 0.717) is 10.6 Å². The van der Waals surface area contributed by atoms with Crippen LogP contribution in [-0.4, -0.2) is 10.9 Å². The van der Waals surface area contributed by atoms with Crippen LogP contribution in [0.2, 0.25) is 5.02 Å². The second-order valence-corrected chi connectivity index (χ2v) is 8.44. The number of rotatable bonds is 4. The SMILES string of the molecule is O=C(Nc1sc(-c2cccs2)nc1-c1cccs1)c1ccc(Cl)cc1. The van der Waals surface area contributed by atoms with Crippen molar-refractivity contribution in [3.8, 4) is 20.5 Å². The van der Waals surface area contributed by atoms with E-state index < -0.39 is 0 Å². The molecule has 0 spiro atoms. The summed E-state index contributed by atoms with van der Waals surface area (Å²) in [5.41, 5.74) is 1.37. The summed E-state index contributed by atoms with van der Waals surface area (Å²) in [6, 6.07) is 14.9. The van der Waals surface area contributed by atoms with E-state index in [0.717, 1.165) is 25.5 Å². The van der Waals surface area contributed by atoms with Gasteiger partial charge in [-0.2, -0.15) is 0 Å². The summed E-state index contributed by atoms with van der Waals surface area (Å²) in [5, 5.41) is 9.30. The molecule has 0 radical (unpaired) electrons. The average Bonchev–Trinajstić information content (AvgIpc) is 3.36. The van der Waals surface area contributed by atoms with E-state index in [2.05, 4.69) is 5.32 Å². The molecule has 3 heterocycles. The average molecular weight is 403 g/mol. The molecule has 0 bridgehead atoms. The Morgan fingerprint density at radius 2 is 1.64 bits per heavy atom. The Bertz CT molecular complexity index is 990. The molecule has 4 aromatic rings. The number of nitrogens with zero attached hydrogens (tertiary/aromatic N) is 1. The first kappa shape index (κ1) is 16.5. The van der Waals surface area contributed by atoms with Crippen LogP contribution in [0.25, 0.3) is 20.5 Å². The zero-order valence-electron chi connectivity index (χ0n) is 12.7. The van der Waals surface area contributed by atoms with Gasteiger partial charge in [0.1, 0.15) is 15.7 Å². The van der Waals surface area contributed by atoms with Crippen molar-refractivity contribution < 1.29 is 4.79 Å². The number of carbonyl (C=O) groups excluding carboxylic acids is 1. The zero-order chi connectivity index (χ0) is 17.2. The maximum Gasteiger partial charge on any atom is 0.256 e. The summed E-state index contributed by atoms with van der Waals surface area (Å²) in [4.78, 5) is 19.5. The second kappa shape index (κ2) is 7.09. The molecule has 4 rings (SSSR count). The summed E-state index contributed by atoms with van der Waals surface area (Å²) >= 11 is 10.6. The highest BCUT2D eigenvalue weighted by Crippen LogP contribution is 2.41. The van der Waals surface area contributed by atoms with Crippen LogP contribution < -0.4 is 5.32 Å². The molecule has 0 atom stereocenters. The lowest BCUT2D eigenvalue weighted by atomic mass is 10.2. The van der Waals surface area contributed by atoms with Crippen LogP contribution in [0.3, 0.4) is 0 Å². The first-order valence-corrected chi connectivity index (χ1v) is 10.3. The van der Waals surface area contributed by atoms with Crippen molar-refractivity contribution in [3.05, 3.63) is 69.9 Å². The minimum absolute atomic E-state index is 0.171. The molecule has 1 aromatic carbocycles. The number of hydrogen-bond acceptors (Lipinski definition) is 5. The maximum absolute atomic E-state index is 12.6. The number of aromatic nitrogens is 1. The van der Waals surface area contributed by atoms with Crippen molar-refractivity contribution in [1.29, 1.82) is 0 Å². The number of amides is 1. The Morgan fingerprint density at radius 1 is 0.960 bits per heavy atom. The minimum Gasteiger partial charge on any atom is -0.312 e. The fourth-order valence-electron chi connectivity index (χ4n) is 2.27. The largest absolute Gasteiger partial charge is 0.312 e. The van der Waals surface area contributed by atoms with Crippen LogP contribution in [0.4, 0.5) is 5.00 Å². The van der Waals surface area contributed by atoms with Gasteiger partial charge in [-0.25, -0.2) is 4.98 Å². The van der Waals surface area contributed by atoms with E-state index in [1.165, 1.54) is 11.3 Å². The highest BCUT2D eigenvalue weighted by atomic mass is 35.5. The monoisotopic (exact) mass is 402 g/mol. The van der Waals surface area contributed by atoms with Gasteiger partial charge < -0.3 is 5.32 Å². The van der Waals surface area contributed by atoms with E-state index in [1.807, 2.05) is 35.0 Å². The molecule has 0 unspecified atom stereocenters. The van der Waals surface area contributed by atoms with Gasteiger partial charge in [0.25, 0.3) is 5.91 Å². The maximum atomic E-state index is 12.6. The van der Waals surface area contributed by atoms with Crippen molar-refractivity contribution in [3.63, 3.8) is 0 Å². The van der Waals surface area contributed by atoms with Crippen molar-refractivity contribution in [2.75, 3.05) is 5.32 Å². The van der Waals surface area contributed by atoms with E-state index in [4.69, 9.17) is 16.6 Å². The summed E-state index contributed by atoms with van der Waals surface area (Å²) in [6.07, 6.45) is 0. The number of anilines is 1. The summed E-state index contributed by atoms with van der Waals surface area (Å²) < 4.78 is 0. The van der Waals surface area contributed by atoms with Gasteiger partial charge in [-0.15, -0.1) is 22.7 Å². The third-order valence-electron chi connectivity index (χ3n) is 3.45. The predicted octanol–water partition coefficient (Wildman–Crippen LogP) is 6.51. The van der Waals surface area contributed by atoms with E-state index in [9.17, 15) is 4.79 Å². The highest BCUT2D eigenvalue weighted by molar-refractivity contribution is 7.24. The Balaban J connectivity index is 1.70. The number of carbonyl (C=O) groups is 1. The summed E-state index contributed by atoms with van der Waals surface area (Å²) in [6.45, 7) is 0. The molecule has 7 heteroatoms. The topological polar surface area (TPSA) is 42.0 Å². The number of thiophene rings is 2. The zero-order valence-corrected chi connectivity index (χ0v) is 15.9. The number of thiazole rings is 1. The Morgan fingerprint density at radius 3 is 2.28 bits per heavy atom. The Labute approximate surface area is 161 Å². The van der Waals surface area contributed by atoms with E-state index in [1.54, 1.807) is 46.9 Å². The Kier molecular flexibility index (Phi) is 4.67. The van der Waals surface area contributed by atoms with Gasteiger partial charge in [-0.1, -0.05) is 35.1 Å². The molecule has 124 valence electrons. The lowest BCUT2D eigenvalue weighted by Crippen LogP contribution is -2.11. The van der Waals surface area contributed by atoms with E-state index >= 15 is 0 Å². The lowest BCUT2D eigenvalue weighted by molar-refractivity contribution is 0.102. The quantitative estimate of drug-likeness (QED) is 0.423. The van der Waals surface area contributed by atoms with Crippen LogP contribution in [0.1, 0.15) is 10.4 Å². The van der Waals surface area contributed by atoms with Crippen LogP contribution in [0.15, 0.2) is 59.3 Å². The third kappa shape index (κ3) is 3.52. The smallest absolute Gasteiger partial charge is 0.256 e. The van der Waals surface area contributed by atoms with E-state index in [-0.39, 0.29) is 5.91 Å². The molecular weight excluding hydrogens is 392 g/mol. The van der Waals surface area contributed by atoms with Gasteiger partial charge in [0.2, 0.25) is 0 Å². The molecule has 0 aliphatic carbocycles. The first-order chi connectivity index (χ1) is 12.2. The van der Waals surface area contributed by atoms with Crippen LogP contribution in [-0.2, 0) is 0 Å². The van der Waals surface area contributed by atoms with Gasteiger partial charge in [0.15, 0.2) is 0 Å². The highest BCUT2D eigenvalue weighted by Gasteiger charge is 2.18. The molecule has 25 heavy (non-hydrogen) atoms. The second-order valence-electron chi connectivity index (χ2n) is 5.11. The van der Waals surface area contributed by atoms with Crippen molar-refractivity contribution in [2.45, 2.75) is 0 Å². The van der Waals surface area contributed by atoms with Crippen LogP contribution in [0.5, 0.6) is 0 Å². The number of nitrogens with one attached hydrogen (secondary N) is 1. The molecule has 0 fully saturated rings. The van der Waals surface area contributed by atoms with Gasteiger partial charge in [-0.05, 0) is 47.2 Å². The summed E-state index contributed by atoms with van der Waals surface area (Å²) in [7, 11) is 0. The van der Waals surface area contributed by atoms with Gasteiger partial charge >= 0.3 is 0 Å². The molecule has 0 aliphatic heterocycles. The molecule has 3 nitrogen and oxygen atoms in total. The lowest BCUT2D eigenvalue weighted by Gasteiger charge is -2.04. The minimum atomic E-state index is -0.171. The molecule has 0 aliphatic rings. The number of hydrogen-bond donors (Lipinski definition) is 1. The fourth-order valence-corrected chi connectivity index (χ4v) is 4.95. The molecular formula is C18H11ClN2OS3. The van der Waals surface area contributed by atoms with Crippen molar-refractivity contribution in [1.82, 2.24) is 4.98 Å². The van der Waals surface area contributed by atoms with Crippen LogP contribution >= 0.6 is 45.6 Å². The van der Waals surface area contributed by atoms with Crippen LogP contribution in [0, 0.1) is 0 Å². The van der Waals surface area contributed by atoms with Gasteiger partial charge in [0, 0.05) is 10.6 Å². The molecule has 3 aromatic heterocycles. The predicted molar refractivity (Wildman–Crippen MR) is 108 cm³/mol. The Hall–Kier alpha value is -1.99. The molecule has 1 N–H and O–H groups in total. The van der Waals surface area contributed by atoms with Crippen molar-refractivity contribution >= 4 is 56.5 Å². The first-order valence-electron chi connectivity index (χ1n) is 7.36. The van der Waals surface area contributed by atoms with Gasteiger partial charge in [0.05, 0.1) is 9.75 Å². The fraction of sp³-hybridized carbons (Fsp3) is 0. The van der Waals surface area contributed by atoms with Crippen molar-refractivity contribution in [2.24, 2.45) is 0 Å². The summed E-state index contributed by atoms with van der Waals surface area (Å²) in [5.74, 6) is -0.171. The number of benzene rings is 1. The molecule has 0 saturated carbocycles. The molecule has 0 saturated heterocycles. The molecule has 1 amide bonds. The van der Waals surface area contributed by atoms with Gasteiger partial charge in [-0.3, -0.25) is 4.79 Å². The third-order valence-corrected chi connectivity index (χ3v) is 6.59. The standard InChI is InChI=1S/C18H11ClN2OS3/c19-12-7-5-11(6-8-12)16(22)21-18-15(13-3-1-9-23-13)20-17(25-18)14-4-2-10-24-14/h1-10H,(H,21,22). The normalized spacial score (nSPS) is 10.8. The number of halogens is 1.